The lowest BCUT2D eigenvalue weighted by Gasteiger charge is -2.06. The number of aliphatic carboxylic acids is 1. The van der Waals surface area contributed by atoms with Gasteiger partial charge in [-0.15, -0.1) is 0 Å². The van der Waals surface area contributed by atoms with Gasteiger partial charge in [0, 0.05) is 21.7 Å². The van der Waals surface area contributed by atoms with Gasteiger partial charge in [-0.3, -0.25) is 4.79 Å². The Kier molecular flexibility index (Phi) is 5.34. The first-order chi connectivity index (χ1) is 12.5. The molecule has 0 aliphatic rings. The van der Waals surface area contributed by atoms with E-state index in [9.17, 15) is 14.7 Å². The van der Waals surface area contributed by atoms with Crippen LogP contribution in [0.3, 0.4) is 0 Å². The van der Waals surface area contributed by atoms with E-state index < -0.39 is 11.9 Å². The number of amides is 1. The number of halogens is 1. The Bertz CT molecular complexity index is 976. The van der Waals surface area contributed by atoms with Crippen LogP contribution in [0, 0.1) is 0 Å². The Morgan fingerprint density at radius 2 is 1.77 bits per heavy atom. The molecule has 5 nitrogen and oxygen atoms in total. The second-order valence-electron chi connectivity index (χ2n) is 5.40. The van der Waals surface area contributed by atoms with Crippen molar-refractivity contribution in [2.75, 3.05) is 0 Å². The second kappa shape index (κ2) is 7.84. The van der Waals surface area contributed by atoms with Crippen molar-refractivity contribution < 1.29 is 19.1 Å². The number of furan rings is 1. The fourth-order valence-electron chi connectivity index (χ4n) is 2.31. The highest BCUT2D eigenvalue weighted by Gasteiger charge is 2.15. The fraction of sp³-hybridized carbons (Fsp3) is 0. The molecule has 3 aromatic rings. The summed E-state index contributed by atoms with van der Waals surface area (Å²) in [6, 6.07) is 19.5. The Labute approximate surface area is 158 Å². The molecule has 0 radical (unpaired) electrons. The lowest BCUT2D eigenvalue weighted by Crippen LogP contribution is -2.27. The van der Waals surface area contributed by atoms with Crippen LogP contribution in [0.15, 0.2) is 81.3 Å². The Morgan fingerprint density at radius 1 is 1.00 bits per heavy atom. The van der Waals surface area contributed by atoms with Gasteiger partial charge in [-0.25, -0.2) is 4.79 Å². The number of benzene rings is 2. The van der Waals surface area contributed by atoms with E-state index in [1.54, 1.807) is 36.4 Å². The SMILES string of the molecule is O=C(O)/C(=C/c1ccc(-c2ccccc2)o1)NC(=O)c1cccc(Br)c1. The molecule has 0 spiro atoms. The number of nitrogens with one attached hydrogen (secondary N) is 1. The summed E-state index contributed by atoms with van der Waals surface area (Å²) in [6.45, 7) is 0. The predicted molar refractivity (Wildman–Crippen MR) is 101 cm³/mol. The zero-order valence-electron chi connectivity index (χ0n) is 13.5. The molecule has 2 N–H and O–H groups in total. The van der Waals surface area contributed by atoms with Crippen LogP contribution >= 0.6 is 15.9 Å². The summed E-state index contributed by atoms with van der Waals surface area (Å²) in [4.78, 5) is 23.7. The zero-order valence-corrected chi connectivity index (χ0v) is 15.1. The second-order valence-corrected chi connectivity index (χ2v) is 6.31. The van der Waals surface area contributed by atoms with Gasteiger partial charge >= 0.3 is 5.97 Å². The average Bonchev–Trinajstić information content (AvgIpc) is 3.10. The molecule has 26 heavy (non-hydrogen) atoms. The summed E-state index contributed by atoms with van der Waals surface area (Å²) in [5.41, 5.74) is 0.946. The molecule has 0 unspecified atom stereocenters. The highest BCUT2D eigenvalue weighted by atomic mass is 79.9. The minimum atomic E-state index is -1.26. The summed E-state index contributed by atoms with van der Waals surface area (Å²) in [5, 5.41) is 11.8. The standard InChI is InChI=1S/C20H14BrNO4/c21-15-8-4-7-14(11-15)19(23)22-17(20(24)25)12-16-9-10-18(26-16)13-5-2-1-3-6-13/h1-12H,(H,22,23)(H,24,25)/b17-12-. The van der Waals surface area contributed by atoms with Crippen molar-refractivity contribution in [3.8, 4) is 11.3 Å². The minimum absolute atomic E-state index is 0.274. The first kappa shape index (κ1) is 17.7. The summed E-state index contributed by atoms with van der Waals surface area (Å²) in [7, 11) is 0. The van der Waals surface area contributed by atoms with Crippen LogP contribution in [0.25, 0.3) is 17.4 Å². The Balaban J connectivity index is 1.83. The van der Waals surface area contributed by atoms with E-state index >= 15 is 0 Å². The molecule has 1 heterocycles. The first-order valence-corrected chi connectivity index (χ1v) is 8.49. The van der Waals surface area contributed by atoms with E-state index in [0.29, 0.717) is 17.1 Å². The van der Waals surface area contributed by atoms with Crippen LogP contribution in [0.1, 0.15) is 16.1 Å². The topological polar surface area (TPSA) is 79.5 Å². The van der Waals surface area contributed by atoms with E-state index in [-0.39, 0.29) is 5.70 Å². The van der Waals surface area contributed by atoms with E-state index in [0.717, 1.165) is 10.0 Å². The van der Waals surface area contributed by atoms with Crippen LogP contribution in [0.2, 0.25) is 0 Å². The monoisotopic (exact) mass is 411 g/mol. The molecule has 1 amide bonds. The lowest BCUT2D eigenvalue weighted by molar-refractivity contribution is -0.132. The average molecular weight is 412 g/mol. The van der Waals surface area contributed by atoms with Gasteiger partial charge in [-0.05, 0) is 30.3 Å². The number of carboxylic acid groups (broad SMARTS) is 1. The number of rotatable bonds is 5. The molecule has 1 aromatic heterocycles. The van der Waals surface area contributed by atoms with Crippen molar-refractivity contribution in [2.45, 2.75) is 0 Å². The highest BCUT2D eigenvalue weighted by Crippen LogP contribution is 2.23. The molecular formula is C20H14BrNO4. The minimum Gasteiger partial charge on any atom is -0.477 e. The van der Waals surface area contributed by atoms with Gasteiger partial charge in [0.15, 0.2) is 0 Å². The van der Waals surface area contributed by atoms with Crippen LogP contribution in [-0.4, -0.2) is 17.0 Å². The maximum absolute atomic E-state index is 12.3. The molecule has 0 saturated heterocycles. The molecule has 0 aliphatic carbocycles. The van der Waals surface area contributed by atoms with E-state index in [4.69, 9.17) is 4.42 Å². The Hall–Kier alpha value is -3.12. The van der Waals surface area contributed by atoms with Gasteiger partial charge in [0.1, 0.15) is 17.2 Å². The maximum atomic E-state index is 12.3. The molecule has 130 valence electrons. The third-order valence-electron chi connectivity index (χ3n) is 3.54. The van der Waals surface area contributed by atoms with Crippen LogP contribution in [0.5, 0.6) is 0 Å². The van der Waals surface area contributed by atoms with E-state index in [1.165, 1.54) is 6.08 Å². The summed E-state index contributed by atoms with van der Waals surface area (Å²) >= 11 is 3.28. The van der Waals surface area contributed by atoms with Crippen molar-refractivity contribution in [3.05, 3.63) is 88.2 Å². The summed E-state index contributed by atoms with van der Waals surface area (Å²) in [5.74, 6) is -0.837. The molecule has 3 rings (SSSR count). The van der Waals surface area contributed by atoms with Crippen molar-refractivity contribution in [3.63, 3.8) is 0 Å². The van der Waals surface area contributed by atoms with Gasteiger partial charge in [-0.2, -0.15) is 0 Å². The van der Waals surface area contributed by atoms with Gasteiger partial charge in [0.25, 0.3) is 5.91 Å². The van der Waals surface area contributed by atoms with Crippen LogP contribution < -0.4 is 5.32 Å². The smallest absolute Gasteiger partial charge is 0.352 e. The fourth-order valence-corrected chi connectivity index (χ4v) is 2.70. The normalized spacial score (nSPS) is 11.2. The van der Waals surface area contributed by atoms with E-state index in [2.05, 4.69) is 21.2 Å². The van der Waals surface area contributed by atoms with Crippen molar-refractivity contribution in [1.29, 1.82) is 0 Å². The van der Waals surface area contributed by atoms with Crippen molar-refractivity contribution in [1.82, 2.24) is 5.32 Å². The van der Waals surface area contributed by atoms with Crippen LogP contribution in [0.4, 0.5) is 0 Å². The third kappa shape index (κ3) is 4.29. The Morgan fingerprint density at radius 3 is 2.46 bits per heavy atom. The number of carbonyl (C=O) groups excluding carboxylic acids is 1. The summed E-state index contributed by atoms with van der Waals surface area (Å²) < 4.78 is 6.38. The maximum Gasteiger partial charge on any atom is 0.352 e. The predicted octanol–water partition coefficient (Wildman–Crippen LogP) is 4.56. The van der Waals surface area contributed by atoms with E-state index in [1.807, 2.05) is 30.3 Å². The number of hydrogen-bond donors (Lipinski definition) is 2. The van der Waals surface area contributed by atoms with Crippen molar-refractivity contribution >= 4 is 33.9 Å². The van der Waals surface area contributed by atoms with Gasteiger partial charge in [-0.1, -0.05) is 52.3 Å². The zero-order chi connectivity index (χ0) is 18.5. The molecule has 0 bridgehead atoms. The number of carbonyl (C=O) groups is 2. The molecule has 6 heteroatoms. The van der Waals surface area contributed by atoms with Gasteiger partial charge in [0.2, 0.25) is 0 Å². The van der Waals surface area contributed by atoms with Gasteiger partial charge in [0.05, 0.1) is 0 Å². The molecular weight excluding hydrogens is 398 g/mol. The first-order valence-electron chi connectivity index (χ1n) is 7.70. The van der Waals surface area contributed by atoms with Crippen LogP contribution in [-0.2, 0) is 4.79 Å². The molecule has 0 aliphatic heterocycles. The third-order valence-corrected chi connectivity index (χ3v) is 4.03. The molecule has 0 atom stereocenters. The van der Waals surface area contributed by atoms with Gasteiger partial charge < -0.3 is 14.8 Å². The van der Waals surface area contributed by atoms with Crippen molar-refractivity contribution in [2.24, 2.45) is 0 Å². The highest BCUT2D eigenvalue weighted by molar-refractivity contribution is 9.10. The largest absolute Gasteiger partial charge is 0.477 e. The molecule has 2 aromatic carbocycles. The molecule has 0 fully saturated rings. The number of carboxylic acids is 1. The molecule has 0 saturated carbocycles. The summed E-state index contributed by atoms with van der Waals surface area (Å²) in [6.07, 6.45) is 1.28. The number of hydrogen-bond acceptors (Lipinski definition) is 3. The quantitative estimate of drug-likeness (QED) is 0.602. The lowest BCUT2D eigenvalue weighted by atomic mass is 10.2.